The van der Waals surface area contributed by atoms with Crippen LogP contribution < -0.4 is 5.56 Å². The van der Waals surface area contributed by atoms with Crippen molar-refractivity contribution in [3.8, 4) is 6.07 Å². The summed E-state index contributed by atoms with van der Waals surface area (Å²) in [7, 11) is 0. The van der Waals surface area contributed by atoms with Crippen LogP contribution in [0.4, 0.5) is 4.39 Å². The topological polar surface area (TPSA) is 72.3 Å². The van der Waals surface area contributed by atoms with Crippen LogP contribution in [0.15, 0.2) is 41.5 Å². The number of benzene rings is 1. The molecule has 0 unspecified atom stereocenters. The molecule has 2 aromatic heterocycles. The van der Waals surface area contributed by atoms with E-state index >= 15 is 0 Å². The van der Waals surface area contributed by atoms with Crippen molar-refractivity contribution in [2.45, 2.75) is 31.7 Å². The number of nitrogens with zero attached hydrogens (tertiary/aromatic N) is 4. The van der Waals surface area contributed by atoms with Crippen molar-refractivity contribution < 1.29 is 9.13 Å². The van der Waals surface area contributed by atoms with E-state index in [-0.39, 0.29) is 17.9 Å². The average Bonchev–Trinajstić information content (AvgIpc) is 3.10. The zero-order valence-electron chi connectivity index (χ0n) is 15.0. The van der Waals surface area contributed by atoms with Crippen LogP contribution in [-0.4, -0.2) is 27.2 Å². The van der Waals surface area contributed by atoms with Crippen molar-refractivity contribution in [2.75, 3.05) is 13.2 Å². The van der Waals surface area contributed by atoms with Crippen LogP contribution in [0.5, 0.6) is 0 Å². The zero-order valence-corrected chi connectivity index (χ0v) is 15.0. The van der Waals surface area contributed by atoms with Crippen LogP contribution in [0, 0.1) is 24.1 Å². The number of halogens is 1. The summed E-state index contributed by atoms with van der Waals surface area (Å²) in [5.41, 5.74) is 0.878. The number of aromatic nitrogens is 3. The van der Waals surface area contributed by atoms with Crippen molar-refractivity contribution in [3.05, 3.63) is 69.9 Å². The Morgan fingerprint density at radius 1 is 1.37 bits per heavy atom. The predicted molar refractivity (Wildman–Crippen MR) is 97.0 cm³/mol. The fourth-order valence-corrected chi connectivity index (χ4v) is 3.68. The summed E-state index contributed by atoms with van der Waals surface area (Å²) >= 11 is 0. The first-order chi connectivity index (χ1) is 13.0. The largest absolute Gasteiger partial charge is 0.381 e. The fraction of sp³-hybridized carbons (Fsp3) is 0.350. The highest BCUT2D eigenvalue weighted by atomic mass is 19.1. The Morgan fingerprint density at radius 3 is 2.85 bits per heavy atom. The van der Waals surface area contributed by atoms with Gasteiger partial charge in [-0.2, -0.15) is 5.26 Å². The molecule has 0 saturated carbocycles. The zero-order chi connectivity index (χ0) is 19.0. The van der Waals surface area contributed by atoms with Crippen molar-refractivity contribution in [2.24, 2.45) is 0 Å². The maximum absolute atomic E-state index is 13.5. The van der Waals surface area contributed by atoms with Gasteiger partial charge in [-0.3, -0.25) is 9.20 Å². The van der Waals surface area contributed by atoms with Crippen molar-refractivity contribution in [1.82, 2.24) is 14.0 Å². The molecule has 0 N–H and O–H groups in total. The minimum Gasteiger partial charge on any atom is -0.381 e. The molecule has 3 heterocycles. The van der Waals surface area contributed by atoms with Crippen molar-refractivity contribution in [3.63, 3.8) is 0 Å². The Kier molecular flexibility index (Phi) is 4.28. The van der Waals surface area contributed by atoms with Crippen LogP contribution in [0.3, 0.4) is 0 Å². The molecule has 1 aliphatic rings. The summed E-state index contributed by atoms with van der Waals surface area (Å²) in [4.78, 5) is 17.5. The molecule has 0 atom stereocenters. The number of aryl methyl sites for hydroxylation is 1. The van der Waals surface area contributed by atoms with Gasteiger partial charge in [0.15, 0.2) is 0 Å². The lowest BCUT2D eigenvalue weighted by Crippen LogP contribution is -2.35. The monoisotopic (exact) mass is 366 g/mol. The lowest BCUT2D eigenvalue weighted by molar-refractivity contribution is 0.0649. The van der Waals surface area contributed by atoms with Crippen LogP contribution in [0.25, 0.3) is 5.52 Å². The molecule has 3 aromatic rings. The van der Waals surface area contributed by atoms with Gasteiger partial charge in [0.1, 0.15) is 22.6 Å². The predicted octanol–water partition coefficient (Wildman–Crippen LogP) is 2.56. The van der Waals surface area contributed by atoms with Gasteiger partial charge in [-0.15, -0.1) is 0 Å². The molecule has 27 heavy (non-hydrogen) atoms. The maximum Gasteiger partial charge on any atom is 0.276 e. The first-order valence-corrected chi connectivity index (χ1v) is 8.85. The third kappa shape index (κ3) is 2.92. The van der Waals surface area contributed by atoms with Gasteiger partial charge in [-0.25, -0.2) is 9.37 Å². The van der Waals surface area contributed by atoms with Gasteiger partial charge in [-0.05, 0) is 37.5 Å². The third-order valence-corrected chi connectivity index (χ3v) is 5.22. The molecule has 0 radical (unpaired) electrons. The second kappa shape index (κ2) is 6.63. The maximum atomic E-state index is 13.5. The molecule has 0 bridgehead atoms. The molecule has 4 rings (SSSR count). The molecule has 1 fully saturated rings. The Balaban J connectivity index is 1.82. The number of ether oxygens (including phenoxy) is 1. The third-order valence-electron chi connectivity index (χ3n) is 5.22. The molecule has 7 heteroatoms. The minimum absolute atomic E-state index is 0.210. The summed E-state index contributed by atoms with van der Waals surface area (Å²) in [6, 6.07) is 8.61. The van der Waals surface area contributed by atoms with Gasteiger partial charge in [0.2, 0.25) is 0 Å². The number of nitriles is 1. The van der Waals surface area contributed by atoms with E-state index in [2.05, 4.69) is 11.1 Å². The van der Waals surface area contributed by atoms with Crippen molar-refractivity contribution >= 4 is 5.52 Å². The molecule has 1 saturated heterocycles. The average molecular weight is 366 g/mol. The number of imidazole rings is 1. The molecular formula is C20H19FN4O2. The summed E-state index contributed by atoms with van der Waals surface area (Å²) in [5, 5.41) is 9.81. The SMILES string of the molecule is Cc1cn2c(C3(C#N)CCOCC3)ncc2c(=O)n1Cc1cccc(F)c1. The Morgan fingerprint density at radius 2 is 2.15 bits per heavy atom. The number of hydrogen-bond donors (Lipinski definition) is 0. The van der Waals surface area contributed by atoms with Gasteiger partial charge in [-0.1, -0.05) is 12.1 Å². The van der Waals surface area contributed by atoms with E-state index in [9.17, 15) is 14.4 Å². The number of fused-ring (bicyclic) bond motifs is 1. The summed E-state index contributed by atoms with van der Waals surface area (Å²) in [6.45, 7) is 3.10. The van der Waals surface area contributed by atoms with E-state index in [1.165, 1.54) is 18.3 Å². The lowest BCUT2D eigenvalue weighted by atomic mass is 9.81. The highest BCUT2D eigenvalue weighted by molar-refractivity contribution is 5.47. The highest BCUT2D eigenvalue weighted by Gasteiger charge is 2.38. The Bertz CT molecular complexity index is 1100. The standard InChI is InChI=1S/C20H19FN4O2/c1-14-11-25-17(10-23-19(25)20(13-22)5-7-27-8-6-20)18(26)24(14)12-15-3-2-4-16(21)9-15/h2-4,9-11H,5-8,12H2,1H3. The molecule has 138 valence electrons. The molecule has 1 aliphatic heterocycles. The fourth-order valence-electron chi connectivity index (χ4n) is 3.68. The van der Waals surface area contributed by atoms with Crippen LogP contribution in [-0.2, 0) is 16.7 Å². The van der Waals surface area contributed by atoms with Crippen molar-refractivity contribution in [1.29, 1.82) is 5.26 Å². The van der Waals surface area contributed by atoms with Gasteiger partial charge in [0.25, 0.3) is 5.56 Å². The van der Waals surface area contributed by atoms with E-state index in [0.717, 1.165) is 5.69 Å². The normalized spacial score (nSPS) is 16.3. The van der Waals surface area contributed by atoms with Crippen LogP contribution >= 0.6 is 0 Å². The summed E-state index contributed by atoms with van der Waals surface area (Å²) in [5.74, 6) is 0.253. The number of rotatable bonds is 3. The van der Waals surface area contributed by atoms with Crippen LogP contribution in [0.1, 0.15) is 29.9 Å². The molecule has 0 spiro atoms. The van der Waals surface area contributed by atoms with E-state index in [0.29, 0.717) is 43.0 Å². The Hall–Kier alpha value is -2.98. The molecular weight excluding hydrogens is 347 g/mol. The first-order valence-electron chi connectivity index (χ1n) is 8.85. The van der Waals surface area contributed by atoms with Crippen LogP contribution in [0.2, 0.25) is 0 Å². The second-order valence-electron chi connectivity index (χ2n) is 6.94. The lowest BCUT2D eigenvalue weighted by Gasteiger charge is -2.29. The van der Waals surface area contributed by atoms with Gasteiger partial charge in [0, 0.05) is 25.1 Å². The van der Waals surface area contributed by atoms with E-state index in [1.54, 1.807) is 21.1 Å². The molecule has 1 aromatic carbocycles. The molecule has 6 nitrogen and oxygen atoms in total. The van der Waals surface area contributed by atoms with Gasteiger partial charge >= 0.3 is 0 Å². The van der Waals surface area contributed by atoms with E-state index in [4.69, 9.17) is 4.74 Å². The Labute approximate surface area is 155 Å². The summed E-state index contributed by atoms with van der Waals surface area (Å²) in [6.07, 6.45) is 4.45. The first kappa shape index (κ1) is 17.4. The molecule has 0 aliphatic carbocycles. The smallest absolute Gasteiger partial charge is 0.276 e. The summed E-state index contributed by atoms with van der Waals surface area (Å²) < 4.78 is 22.2. The molecule has 0 amide bonds. The van der Waals surface area contributed by atoms with E-state index < -0.39 is 5.41 Å². The minimum atomic E-state index is -0.752. The second-order valence-corrected chi connectivity index (χ2v) is 6.94. The number of hydrogen-bond acceptors (Lipinski definition) is 4. The van der Waals surface area contributed by atoms with Gasteiger partial charge in [0.05, 0.1) is 18.8 Å². The highest BCUT2D eigenvalue weighted by Crippen LogP contribution is 2.33. The van der Waals surface area contributed by atoms with E-state index in [1.807, 2.05) is 13.1 Å². The quantitative estimate of drug-likeness (QED) is 0.714. The van der Waals surface area contributed by atoms with Gasteiger partial charge < -0.3 is 9.30 Å².